The number of thiophene rings is 1. The topological polar surface area (TPSA) is 68.8 Å². The van der Waals surface area contributed by atoms with Crippen LogP contribution >= 0.6 is 49.9 Å². The zero-order valence-electron chi connectivity index (χ0n) is 8.32. The molecule has 0 aliphatic rings. The molecule has 0 spiro atoms. The highest BCUT2D eigenvalue weighted by Gasteiger charge is 2.21. The quantitative estimate of drug-likeness (QED) is 0.457. The van der Waals surface area contributed by atoms with Gasteiger partial charge < -0.3 is 0 Å². The molecule has 16 heavy (non-hydrogen) atoms. The van der Waals surface area contributed by atoms with E-state index in [4.69, 9.17) is 5.84 Å². The number of halogens is 2. The number of aromatic nitrogens is 3. The summed E-state index contributed by atoms with van der Waals surface area (Å²) in [6.07, 6.45) is 0. The molecule has 0 fully saturated rings. The number of hydrogen-bond acceptors (Lipinski definition) is 5. The van der Waals surface area contributed by atoms with Crippen LogP contribution in [0.4, 0.5) is 0 Å². The van der Waals surface area contributed by atoms with Gasteiger partial charge in [-0.15, -0.1) is 16.4 Å². The minimum absolute atomic E-state index is 0.103. The third-order valence-electron chi connectivity index (χ3n) is 2.19. The van der Waals surface area contributed by atoms with Gasteiger partial charge in [0.15, 0.2) is 4.60 Å². The third kappa shape index (κ3) is 2.30. The maximum atomic E-state index is 5.61. The first-order chi connectivity index (χ1) is 7.63. The normalized spacial score (nSPS) is 13.0. The Kier molecular flexibility index (Phi) is 3.95. The van der Waals surface area contributed by atoms with Crippen LogP contribution in [-0.2, 0) is 7.05 Å². The number of nitrogens with one attached hydrogen (secondary N) is 1. The lowest BCUT2D eigenvalue weighted by Crippen LogP contribution is -2.30. The highest BCUT2D eigenvalue weighted by Crippen LogP contribution is 2.29. The molecule has 0 aliphatic heterocycles. The molecule has 0 saturated carbocycles. The van der Waals surface area contributed by atoms with Gasteiger partial charge in [0.2, 0.25) is 0 Å². The maximum Gasteiger partial charge on any atom is 0.153 e. The standard InChI is InChI=1S/C8H9BrIN5S/c1-15-7(8(9)13-14-15)6(12-11)4-2-5(10)16-3-4/h2-3,6,12H,11H2,1H3. The largest absolute Gasteiger partial charge is 0.271 e. The van der Waals surface area contributed by atoms with Gasteiger partial charge >= 0.3 is 0 Å². The molecule has 0 saturated heterocycles. The van der Waals surface area contributed by atoms with E-state index < -0.39 is 0 Å². The first-order valence-electron chi connectivity index (χ1n) is 4.38. The number of rotatable bonds is 3. The van der Waals surface area contributed by atoms with E-state index in [1.807, 2.05) is 7.05 Å². The lowest BCUT2D eigenvalue weighted by Gasteiger charge is -2.14. The molecular formula is C8H9BrIN5S. The second-order valence-electron chi connectivity index (χ2n) is 3.17. The predicted molar refractivity (Wildman–Crippen MR) is 74.9 cm³/mol. The summed E-state index contributed by atoms with van der Waals surface area (Å²) in [5, 5.41) is 9.97. The monoisotopic (exact) mass is 413 g/mol. The van der Waals surface area contributed by atoms with Crippen LogP contribution in [0.3, 0.4) is 0 Å². The summed E-state index contributed by atoms with van der Waals surface area (Å²) in [4.78, 5) is 0. The van der Waals surface area contributed by atoms with Gasteiger partial charge in [-0.25, -0.2) is 10.1 Å². The van der Waals surface area contributed by atoms with Crippen LogP contribution in [0.5, 0.6) is 0 Å². The van der Waals surface area contributed by atoms with Crippen LogP contribution in [0.15, 0.2) is 16.0 Å². The molecule has 5 nitrogen and oxygen atoms in total. The fraction of sp³-hybridized carbons (Fsp3) is 0.250. The lowest BCUT2D eigenvalue weighted by atomic mass is 10.1. The minimum Gasteiger partial charge on any atom is -0.271 e. The van der Waals surface area contributed by atoms with E-state index in [0.29, 0.717) is 4.60 Å². The van der Waals surface area contributed by atoms with E-state index in [0.717, 1.165) is 11.3 Å². The van der Waals surface area contributed by atoms with Gasteiger partial charge in [0.05, 0.1) is 14.6 Å². The van der Waals surface area contributed by atoms with Crippen LogP contribution in [-0.4, -0.2) is 15.0 Å². The molecule has 2 aromatic heterocycles. The van der Waals surface area contributed by atoms with Crippen molar-refractivity contribution in [3.63, 3.8) is 0 Å². The molecule has 8 heteroatoms. The molecule has 3 N–H and O–H groups in total. The third-order valence-corrected chi connectivity index (χ3v) is 4.56. The summed E-state index contributed by atoms with van der Waals surface area (Å²) in [5.74, 6) is 5.61. The minimum atomic E-state index is -0.103. The fourth-order valence-corrected chi connectivity index (χ4v) is 3.41. The maximum absolute atomic E-state index is 5.61. The van der Waals surface area contributed by atoms with Crippen molar-refractivity contribution in [2.75, 3.05) is 0 Å². The Hall–Kier alpha value is -0.0300. The van der Waals surface area contributed by atoms with Crippen molar-refractivity contribution in [3.8, 4) is 0 Å². The summed E-state index contributed by atoms with van der Waals surface area (Å²) < 4.78 is 3.64. The van der Waals surface area contributed by atoms with Crippen molar-refractivity contribution in [3.05, 3.63) is 30.2 Å². The Bertz CT molecular complexity index is 477. The first kappa shape index (κ1) is 12.4. The van der Waals surface area contributed by atoms with E-state index in [9.17, 15) is 0 Å². The number of nitrogens with zero attached hydrogens (tertiary/aromatic N) is 3. The molecule has 1 atom stereocenters. The van der Waals surface area contributed by atoms with Crippen molar-refractivity contribution < 1.29 is 0 Å². The van der Waals surface area contributed by atoms with Crippen molar-refractivity contribution in [1.82, 2.24) is 20.4 Å². The molecule has 0 aliphatic carbocycles. The van der Waals surface area contributed by atoms with E-state index in [2.05, 4.69) is 65.7 Å². The van der Waals surface area contributed by atoms with Crippen LogP contribution in [0.25, 0.3) is 0 Å². The molecule has 2 rings (SSSR count). The Morgan fingerprint density at radius 2 is 2.44 bits per heavy atom. The van der Waals surface area contributed by atoms with Crippen molar-refractivity contribution in [1.29, 1.82) is 0 Å². The van der Waals surface area contributed by atoms with E-state index >= 15 is 0 Å². The Balaban J connectivity index is 2.44. The van der Waals surface area contributed by atoms with Gasteiger partial charge in [0.25, 0.3) is 0 Å². The first-order valence-corrected chi connectivity index (χ1v) is 7.13. The molecule has 1 unspecified atom stereocenters. The Labute approximate surface area is 119 Å². The molecular weight excluding hydrogens is 405 g/mol. The molecule has 0 bridgehead atoms. The smallest absolute Gasteiger partial charge is 0.153 e. The average molecular weight is 414 g/mol. The van der Waals surface area contributed by atoms with Gasteiger partial charge in [-0.1, -0.05) is 5.21 Å². The van der Waals surface area contributed by atoms with Crippen molar-refractivity contribution in [2.45, 2.75) is 6.04 Å². The van der Waals surface area contributed by atoms with Gasteiger partial charge in [-0.2, -0.15) is 0 Å². The van der Waals surface area contributed by atoms with E-state index in [1.165, 1.54) is 2.88 Å². The second-order valence-corrected chi connectivity index (χ2v) is 6.73. The molecule has 2 aromatic rings. The van der Waals surface area contributed by atoms with Crippen LogP contribution < -0.4 is 11.3 Å². The SMILES string of the molecule is Cn1nnc(Br)c1C(NN)c1csc(I)c1. The predicted octanol–water partition coefficient (Wildman–Crippen LogP) is 1.80. The van der Waals surface area contributed by atoms with Crippen molar-refractivity contribution >= 4 is 49.9 Å². The van der Waals surface area contributed by atoms with Gasteiger partial charge in [0, 0.05) is 7.05 Å². The summed E-state index contributed by atoms with van der Waals surface area (Å²) in [6.45, 7) is 0. The van der Waals surface area contributed by atoms with Crippen LogP contribution in [0, 0.1) is 2.88 Å². The second kappa shape index (κ2) is 5.08. The molecule has 2 heterocycles. The molecule has 86 valence electrons. The number of hydrogen-bond donors (Lipinski definition) is 2. The average Bonchev–Trinajstić information content (AvgIpc) is 2.80. The summed E-state index contributed by atoms with van der Waals surface area (Å²) >= 11 is 7.34. The molecule has 0 radical (unpaired) electrons. The number of nitrogens with two attached hydrogens (primary N) is 1. The summed E-state index contributed by atoms with van der Waals surface area (Å²) in [6, 6.07) is 1.99. The van der Waals surface area contributed by atoms with Gasteiger partial charge in [-0.3, -0.25) is 5.84 Å². The highest BCUT2D eigenvalue weighted by molar-refractivity contribution is 14.1. The van der Waals surface area contributed by atoms with Gasteiger partial charge in [0.1, 0.15) is 0 Å². The highest BCUT2D eigenvalue weighted by atomic mass is 127. The number of hydrazine groups is 1. The van der Waals surface area contributed by atoms with E-state index in [1.54, 1.807) is 16.0 Å². The van der Waals surface area contributed by atoms with E-state index in [-0.39, 0.29) is 6.04 Å². The van der Waals surface area contributed by atoms with Crippen LogP contribution in [0.1, 0.15) is 17.3 Å². The van der Waals surface area contributed by atoms with Crippen molar-refractivity contribution in [2.24, 2.45) is 12.9 Å². The fourth-order valence-electron chi connectivity index (χ4n) is 1.45. The summed E-state index contributed by atoms with van der Waals surface area (Å²) in [5.41, 5.74) is 4.82. The Morgan fingerprint density at radius 1 is 1.69 bits per heavy atom. The Morgan fingerprint density at radius 3 is 2.88 bits per heavy atom. The number of aryl methyl sites for hydroxylation is 1. The summed E-state index contributed by atoms with van der Waals surface area (Å²) in [7, 11) is 1.84. The van der Waals surface area contributed by atoms with Gasteiger partial charge in [-0.05, 0) is 55.5 Å². The molecule has 0 aromatic carbocycles. The lowest BCUT2D eigenvalue weighted by molar-refractivity contribution is 0.570. The zero-order valence-corrected chi connectivity index (χ0v) is 12.9. The molecule has 0 amide bonds. The van der Waals surface area contributed by atoms with Crippen LogP contribution in [0.2, 0.25) is 0 Å². The zero-order chi connectivity index (χ0) is 11.7.